The Morgan fingerprint density at radius 3 is 2.25 bits per heavy atom. The smallest absolute Gasteiger partial charge is 0.251 e. The Morgan fingerprint density at radius 1 is 0.964 bits per heavy atom. The Hall–Kier alpha value is -3.02. The van der Waals surface area contributed by atoms with Gasteiger partial charge < -0.3 is 20.1 Å². The Bertz CT molecular complexity index is 790. The van der Waals surface area contributed by atoms with Crippen molar-refractivity contribution in [3.8, 4) is 11.5 Å². The third-order valence-corrected chi connectivity index (χ3v) is 4.30. The molecule has 6 nitrogen and oxygen atoms in total. The van der Waals surface area contributed by atoms with Crippen LogP contribution in [0.15, 0.2) is 48.5 Å². The number of hydrogen-bond acceptors (Lipinski definition) is 4. The summed E-state index contributed by atoms with van der Waals surface area (Å²) in [5, 5.41) is 5.66. The lowest BCUT2D eigenvalue weighted by Crippen LogP contribution is -2.39. The SMILES string of the molecule is COc1ccc(C(=O)NCC(=O)NC(CC(C)C)c2ccccc2)cc1OC. The molecule has 0 bridgehead atoms. The topological polar surface area (TPSA) is 76.7 Å². The second kappa shape index (κ2) is 10.3. The molecule has 6 heteroatoms. The number of nitrogens with one attached hydrogen (secondary N) is 2. The van der Waals surface area contributed by atoms with Gasteiger partial charge in [-0.2, -0.15) is 0 Å². The molecule has 2 rings (SSSR count). The van der Waals surface area contributed by atoms with Crippen LogP contribution < -0.4 is 20.1 Å². The maximum atomic E-state index is 12.4. The monoisotopic (exact) mass is 384 g/mol. The molecule has 1 unspecified atom stereocenters. The van der Waals surface area contributed by atoms with E-state index in [0.29, 0.717) is 23.0 Å². The molecule has 0 radical (unpaired) electrons. The van der Waals surface area contributed by atoms with E-state index < -0.39 is 0 Å². The Balaban J connectivity index is 1.97. The molecular formula is C22H28N2O4. The van der Waals surface area contributed by atoms with Crippen LogP contribution in [0.25, 0.3) is 0 Å². The van der Waals surface area contributed by atoms with E-state index in [0.717, 1.165) is 12.0 Å². The predicted molar refractivity (Wildman–Crippen MR) is 109 cm³/mol. The van der Waals surface area contributed by atoms with Crippen molar-refractivity contribution in [2.24, 2.45) is 5.92 Å². The van der Waals surface area contributed by atoms with E-state index in [1.54, 1.807) is 18.2 Å². The highest BCUT2D eigenvalue weighted by atomic mass is 16.5. The molecule has 0 heterocycles. The van der Waals surface area contributed by atoms with Crippen LogP contribution in [-0.4, -0.2) is 32.6 Å². The van der Waals surface area contributed by atoms with Crippen molar-refractivity contribution in [2.45, 2.75) is 26.3 Å². The molecule has 2 aromatic carbocycles. The normalized spacial score (nSPS) is 11.6. The van der Waals surface area contributed by atoms with Crippen LogP contribution in [0.2, 0.25) is 0 Å². The Labute approximate surface area is 166 Å². The highest BCUT2D eigenvalue weighted by Gasteiger charge is 2.17. The van der Waals surface area contributed by atoms with Gasteiger partial charge in [-0.05, 0) is 36.1 Å². The number of ether oxygens (including phenoxy) is 2. The average Bonchev–Trinajstić information content (AvgIpc) is 2.71. The molecule has 0 spiro atoms. The zero-order valence-corrected chi connectivity index (χ0v) is 16.8. The first-order valence-corrected chi connectivity index (χ1v) is 9.29. The van der Waals surface area contributed by atoms with Crippen LogP contribution in [0, 0.1) is 5.92 Å². The summed E-state index contributed by atoms with van der Waals surface area (Å²) in [5.41, 5.74) is 1.45. The van der Waals surface area contributed by atoms with Crippen molar-refractivity contribution in [3.63, 3.8) is 0 Å². The molecule has 0 fully saturated rings. The lowest BCUT2D eigenvalue weighted by molar-refractivity contribution is -0.121. The molecule has 0 saturated heterocycles. The van der Waals surface area contributed by atoms with Gasteiger partial charge in [-0.25, -0.2) is 0 Å². The number of carbonyl (C=O) groups excluding carboxylic acids is 2. The Kier molecular flexibility index (Phi) is 7.87. The van der Waals surface area contributed by atoms with E-state index >= 15 is 0 Å². The van der Waals surface area contributed by atoms with Gasteiger partial charge in [0.15, 0.2) is 11.5 Å². The van der Waals surface area contributed by atoms with Gasteiger partial charge in [-0.15, -0.1) is 0 Å². The van der Waals surface area contributed by atoms with Crippen molar-refractivity contribution < 1.29 is 19.1 Å². The summed E-state index contributed by atoms with van der Waals surface area (Å²) in [6.45, 7) is 4.12. The third kappa shape index (κ3) is 6.01. The molecule has 0 aliphatic rings. The summed E-state index contributed by atoms with van der Waals surface area (Å²) in [6.07, 6.45) is 0.819. The minimum absolute atomic E-state index is 0.0910. The lowest BCUT2D eigenvalue weighted by Gasteiger charge is -2.21. The highest BCUT2D eigenvalue weighted by molar-refractivity contribution is 5.97. The quantitative estimate of drug-likeness (QED) is 0.695. The van der Waals surface area contributed by atoms with Crippen molar-refractivity contribution in [2.75, 3.05) is 20.8 Å². The molecule has 2 N–H and O–H groups in total. The zero-order valence-electron chi connectivity index (χ0n) is 16.8. The molecule has 2 aromatic rings. The minimum atomic E-state index is -0.351. The van der Waals surface area contributed by atoms with Gasteiger partial charge in [0.05, 0.1) is 26.8 Å². The summed E-state index contributed by atoms with van der Waals surface area (Å²) in [6, 6.07) is 14.6. The fourth-order valence-electron chi connectivity index (χ4n) is 2.92. The number of methoxy groups -OCH3 is 2. The molecule has 0 aromatic heterocycles. The summed E-state index contributed by atoms with van der Waals surface area (Å²) in [7, 11) is 3.04. The fraction of sp³-hybridized carbons (Fsp3) is 0.364. The third-order valence-electron chi connectivity index (χ3n) is 4.30. The van der Waals surface area contributed by atoms with Crippen molar-refractivity contribution in [1.82, 2.24) is 10.6 Å². The lowest BCUT2D eigenvalue weighted by atomic mass is 9.97. The van der Waals surface area contributed by atoms with E-state index in [9.17, 15) is 9.59 Å². The first kappa shape index (κ1) is 21.3. The van der Waals surface area contributed by atoms with Gasteiger partial charge in [0.1, 0.15) is 0 Å². The van der Waals surface area contributed by atoms with Gasteiger partial charge in [0, 0.05) is 5.56 Å². The van der Waals surface area contributed by atoms with E-state index in [2.05, 4.69) is 24.5 Å². The summed E-state index contributed by atoms with van der Waals surface area (Å²) in [4.78, 5) is 24.8. The first-order valence-electron chi connectivity index (χ1n) is 9.29. The second-order valence-corrected chi connectivity index (χ2v) is 6.91. The number of rotatable bonds is 9. The number of carbonyl (C=O) groups is 2. The van der Waals surface area contributed by atoms with Crippen molar-refractivity contribution in [3.05, 3.63) is 59.7 Å². The van der Waals surface area contributed by atoms with Gasteiger partial charge in [0.2, 0.25) is 5.91 Å². The average molecular weight is 384 g/mol. The van der Waals surface area contributed by atoms with Crippen molar-refractivity contribution >= 4 is 11.8 Å². The first-order chi connectivity index (χ1) is 13.4. The molecule has 0 aliphatic carbocycles. The summed E-state index contributed by atoms with van der Waals surface area (Å²) < 4.78 is 10.4. The van der Waals surface area contributed by atoms with Crippen LogP contribution in [0.5, 0.6) is 11.5 Å². The van der Waals surface area contributed by atoms with Crippen LogP contribution in [0.3, 0.4) is 0 Å². The fourth-order valence-corrected chi connectivity index (χ4v) is 2.92. The molecule has 150 valence electrons. The molecule has 2 amide bonds. The number of hydrogen-bond donors (Lipinski definition) is 2. The molecular weight excluding hydrogens is 356 g/mol. The number of amides is 2. The van der Waals surface area contributed by atoms with Gasteiger partial charge in [0.25, 0.3) is 5.91 Å². The maximum absolute atomic E-state index is 12.4. The predicted octanol–water partition coefficient (Wildman–Crippen LogP) is 3.34. The standard InChI is InChI=1S/C22H28N2O4/c1-15(2)12-18(16-8-6-5-7-9-16)24-21(25)14-23-22(26)17-10-11-19(27-3)20(13-17)28-4/h5-11,13,15,18H,12,14H2,1-4H3,(H,23,26)(H,24,25). The Morgan fingerprint density at radius 2 is 1.64 bits per heavy atom. The summed E-state index contributed by atoms with van der Waals surface area (Å²) in [5.74, 6) is 0.836. The maximum Gasteiger partial charge on any atom is 0.251 e. The van der Waals surface area contributed by atoms with Crippen LogP contribution in [-0.2, 0) is 4.79 Å². The molecule has 0 saturated carbocycles. The van der Waals surface area contributed by atoms with Crippen molar-refractivity contribution in [1.29, 1.82) is 0 Å². The summed E-state index contributed by atoms with van der Waals surface area (Å²) >= 11 is 0. The molecule has 1 atom stereocenters. The van der Waals surface area contributed by atoms with Gasteiger partial charge >= 0.3 is 0 Å². The van der Waals surface area contributed by atoms with Crippen LogP contribution >= 0.6 is 0 Å². The van der Waals surface area contributed by atoms with E-state index in [4.69, 9.17) is 9.47 Å². The van der Waals surface area contributed by atoms with Crippen LogP contribution in [0.4, 0.5) is 0 Å². The van der Waals surface area contributed by atoms with Gasteiger partial charge in [-0.3, -0.25) is 9.59 Å². The number of benzene rings is 2. The molecule has 0 aliphatic heterocycles. The molecule has 28 heavy (non-hydrogen) atoms. The van der Waals surface area contributed by atoms with Gasteiger partial charge in [-0.1, -0.05) is 44.2 Å². The van der Waals surface area contributed by atoms with Crippen LogP contribution in [0.1, 0.15) is 42.2 Å². The minimum Gasteiger partial charge on any atom is -0.493 e. The van der Waals surface area contributed by atoms with E-state index in [1.165, 1.54) is 14.2 Å². The van der Waals surface area contributed by atoms with E-state index in [1.807, 2.05) is 30.3 Å². The largest absolute Gasteiger partial charge is 0.493 e. The zero-order chi connectivity index (χ0) is 20.5. The highest BCUT2D eigenvalue weighted by Crippen LogP contribution is 2.27. The van der Waals surface area contributed by atoms with E-state index in [-0.39, 0.29) is 24.4 Å². The second-order valence-electron chi connectivity index (χ2n) is 6.91.